The Morgan fingerprint density at radius 3 is 2.14 bits per heavy atom. The van der Waals surface area contributed by atoms with E-state index >= 15 is 0 Å². The number of H-pyrrole nitrogens is 1. The molecule has 1 heterocycles. The monoisotopic (exact) mass is 488 g/mol. The average Bonchev–Trinajstić information content (AvgIpc) is 3.34. The lowest BCUT2D eigenvalue weighted by Gasteiger charge is -2.24. The Balaban J connectivity index is 2.19. The molecule has 0 aliphatic rings. The zero-order chi connectivity index (χ0) is 25.8. The molecule has 0 saturated heterocycles. The van der Waals surface area contributed by atoms with Crippen molar-refractivity contribution in [2.45, 2.75) is 43.8 Å². The van der Waals surface area contributed by atoms with Crippen LogP contribution in [0.1, 0.15) is 24.1 Å². The van der Waals surface area contributed by atoms with Gasteiger partial charge in [0.25, 0.3) is 0 Å². The second kappa shape index (κ2) is 13.4. The number of hydrogen-bond donors (Lipinski definition) is 7. The molecule has 3 unspecified atom stereocenters. The summed E-state index contributed by atoms with van der Waals surface area (Å²) in [5.74, 6) is -4.72. The van der Waals surface area contributed by atoms with Gasteiger partial charge in [0.1, 0.15) is 18.1 Å². The molecule has 13 nitrogen and oxygen atoms in total. The van der Waals surface area contributed by atoms with Gasteiger partial charge in [-0.1, -0.05) is 30.3 Å². The lowest BCUT2D eigenvalue weighted by atomic mass is 10.0. The number of carbonyl (C=O) groups is 5. The molecular formula is C22H28N6O7. The number of aliphatic carboxylic acids is 2. The summed E-state index contributed by atoms with van der Waals surface area (Å²) in [6.45, 7) is -0.422. The number of aromatic nitrogens is 2. The number of carbonyl (C=O) groups excluding carboxylic acids is 3. The van der Waals surface area contributed by atoms with E-state index in [2.05, 4.69) is 25.9 Å². The molecule has 0 bridgehead atoms. The van der Waals surface area contributed by atoms with Gasteiger partial charge in [-0.15, -0.1) is 0 Å². The van der Waals surface area contributed by atoms with E-state index in [0.717, 1.165) is 0 Å². The summed E-state index contributed by atoms with van der Waals surface area (Å²) in [4.78, 5) is 67.1. The predicted octanol–water partition coefficient (Wildman–Crippen LogP) is -1.44. The number of nitrogens with two attached hydrogens (primary N) is 1. The van der Waals surface area contributed by atoms with Gasteiger partial charge < -0.3 is 36.9 Å². The number of imidazole rings is 1. The van der Waals surface area contributed by atoms with E-state index in [-0.39, 0.29) is 19.3 Å². The van der Waals surface area contributed by atoms with Crippen LogP contribution in [-0.4, -0.2) is 74.5 Å². The maximum Gasteiger partial charge on any atom is 0.326 e. The number of nitrogens with one attached hydrogen (secondary N) is 4. The number of hydrogen-bond acceptors (Lipinski definition) is 7. The third-order valence-corrected chi connectivity index (χ3v) is 4.99. The van der Waals surface area contributed by atoms with E-state index < -0.39 is 60.8 Å². The highest BCUT2D eigenvalue weighted by Gasteiger charge is 2.30. The maximum atomic E-state index is 13.1. The topological polar surface area (TPSA) is 217 Å². The fourth-order valence-electron chi connectivity index (χ4n) is 3.21. The molecule has 2 rings (SSSR count). The maximum absolute atomic E-state index is 13.1. The summed E-state index contributed by atoms with van der Waals surface area (Å²) in [6.07, 6.45) is 2.10. The Hall–Kier alpha value is -4.26. The molecule has 188 valence electrons. The Kier molecular flexibility index (Phi) is 10.4. The van der Waals surface area contributed by atoms with Crippen molar-refractivity contribution >= 4 is 29.7 Å². The minimum absolute atomic E-state index is 0.0143. The molecule has 13 heteroatoms. The zero-order valence-corrected chi connectivity index (χ0v) is 18.8. The van der Waals surface area contributed by atoms with Crippen LogP contribution in [0, 0.1) is 0 Å². The third kappa shape index (κ3) is 9.25. The third-order valence-electron chi connectivity index (χ3n) is 4.99. The molecule has 0 spiro atoms. The first-order valence-electron chi connectivity index (χ1n) is 10.8. The summed E-state index contributed by atoms with van der Waals surface area (Å²) in [5.41, 5.74) is 6.44. The number of nitrogens with zero attached hydrogens (tertiary/aromatic N) is 1. The van der Waals surface area contributed by atoms with Crippen molar-refractivity contribution in [3.05, 3.63) is 54.1 Å². The van der Waals surface area contributed by atoms with Gasteiger partial charge in [-0.05, 0) is 12.0 Å². The first-order valence-corrected chi connectivity index (χ1v) is 10.8. The molecule has 0 fully saturated rings. The van der Waals surface area contributed by atoms with Crippen molar-refractivity contribution < 1.29 is 34.2 Å². The van der Waals surface area contributed by atoms with Crippen molar-refractivity contribution in [1.29, 1.82) is 0 Å². The van der Waals surface area contributed by atoms with Crippen LogP contribution < -0.4 is 21.7 Å². The van der Waals surface area contributed by atoms with Crippen molar-refractivity contribution in [3.8, 4) is 0 Å². The number of carboxylic acid groups (broad SMARTS) is 2. The van der Waals surface area contributed by atoms with Crippen LogP contribution in [0.3, 0.4) is 0 Å². The van der Waals surface area contributed by atoms with Crippen molar-refractivity contribution in [3.63, 3.8) is 0 Å². The van der Waals surface area contributed by atoms with Crippen LogP contribution in [0.4, 0.5) is 0 Å². The summed E-state index contributed by atoms with van der Waals surface area (Å²) in [7, 11) is 0. The van der Waals surface area contributed by atoms with Crippen LogP contribution in [0.15, 0.2) is 42.9 Å². The van der Waals surface area contributed by atoms with Gasteiger partial charge >= 0.3 is 11.9 Å². The normalized spacial score (nSPS) is 13.2. The number of benzene rings is 1. The minimum Gasteiger partial charge on any atom is -0.481 e. The standard InChI is InChI=1S/C22H28N6O7/c23-10-18(29)26-15(6-7-19(30)31)20(32)27-16(9-14-11-24-12-25-14)21(33)28-17(22(34)35)8-13-4-2-1-3-5-13/h1-5,11-12,15-17H,6-10,23H2,(H,24,25)(H,26,29)(H,27,32)(H,28,33)(H,30,31)(H,34,35). The van der Waals surface area contributed by atoms with Gasteiger partial charge in [0.15, 0.2) is 0 Å². The van der Waals surface area contributed by atoms with E-state index in [1.165, 1.54) is 12.5 Å². The summed E-state index contributed by atoms with van der Waals surface area (Å²) >= 11 is 0. The van der Waals surface area contributed by atoms with Crippen molar-refractivity contribution in [1.82, 2.24) is 25.9 Å². The van der Waals surface area contributed by atoms with E-state index in [9.17, 15) is 29.1 Å². The lowest BCUT2D eigenvalue weighted by Crippen LogP contribution is -2.57. The van der Waals surface area contributed by atoms with Gasteiger partial charge in [0.2, 0.25) is 17.7 Å². The van der Waals surface area contributed by atoms with Gasteiger partial charge in [-0.3, -0.25) is 19.2 Å². The molecule has 0 radical (unpaired) electrons. The molecule has 8 N–H and O–H groups in total. The van der Waals surface area contributed by atoms with E-state index in [1.807, 2.05) is 0 Å². The molecule has 1 aromatic carbocycles. The summed E-state index contributed by atoms with van der Waals surface area (Å²) in [6, 6.07) is 4.91. The van der Waals surface area contributed by atoms with Crippen molar-refractivity contribution in [2.24, 2.45) is 5.73 Å². The Bertz CT molecular complexity index is 1010. The number of carboxylic acids is 2. The quantitative estimate of drug-likeness (QED) is 0.165. The number of rotatable bonds is 14. The second-order valence-electron chi connectivity index (χ2n) is 7.69. The summed E-state index contributed by atoms with van der Waals surface area (Å²) in [5, 5.41) is 25.8. The van der Waals surface area contributed by atoms with Crippen LogP contribution in [0.5, 0.6) is 0 Å². The number of aromatic amines is 1. The highest BCUT2D eigenvalue weighted by atomic mass is 16.4. The molecule has 1 aromatic heterocycles. The van der Waals surface area contributed by atoms with Crippen LogP contribution in [0.25, 0.3) is 0 Å². The average molecular weight is 489 g/mol. The van der Waals surface area contributed by atoms with Crippen LogP contribution >= 0.6 is 0 Å². The van der Waals surface area contributed by atoms with E-state index in [0.29, 0.717) is 11.3 Å². The zero-order valence-electron chi connectivity index (χ0n) is 18.8. The molecule has 0 saturated carbocycles. The Morgan fingerprint density at radius 2 is 1.57 bits per heavy atom. The predicted molar refractivity (Wildman–Crippen MR) is 122 cm³/mol. The summed E-state index contributed by atoms with van der Waals surface area (Å²) < 4.78 is 0. The van der Waals surface area contributed by atoms with E-state index in [1.54, 1.807) is 30.3 Å². The largest absolute Gasteiger partial charge is 0.481 e. The number of amides is 3. The molecule has 2 aromatic rings. The highest BCUT2D eigenvalue weighted by Crippen LogP contribution is 2.07. The SMILES string of the molecule is NCC(=O)NC(CCC(=O)O)C(=O)NC(Cc1cnc[nH]1)C(=O)NC(Cc1ccccc1)C(=O)O. The van der Waals surface area contributed by atoms with Gasteiger partial charge in [0, 0.05) is 31.2 Å². The van der Waals surface area contributed by atoms with Gasteiger partial charge in [-0.25, -0.2) is 9.78 Å². The first-order chi connectivity index (χ1) is 16.7. The van der Waals surface area contributed by atoms with Crippen LogP contribution in [-0.2, 0) is 36.8 Å². The molecule has 35 heavy (non-hydrogen) atoms. The lowest BCUT2D eigenvalue weighted by molar-refractivity contribution is -0.142. The second-order valence-corrected chi connectivity index (χ2v) is 7.69. The molecule has 3 amide bonds. The highest BCUT2D eigenvalue weighted by molar-refractivity contribution is 5.94. The van der Waals surface area contributed by atoms with Crippen LogP contribution in [0.2, 0.25) is 0 Å². The van der Waals surface area contributed by atoms with Gasteiger partial charge in [-0.2, -0.15) is 0 Å². The smallest absolute Gasteiger partial charge is 0.326 e. The molecular weight excluding hydrogens is 460 g/mol. The molecule has 3 atom stereocenters. The minimum atomic E-state index is -1.27. The molecule has 0 aliphatic carbocycles. The van der Waals surface area contributed by atoms with E-state index in [4.69, 9.17) is 10.8 Å². The fraction of sp³-hybridized carbons (Fsp3) is 0.364. The fourth-order valence-corrected chi connectivity index (χ4v) is 3.21. The first kappa shape index (κ1) is 27.0. The van der Waals surface area contributed by atoms with Crippen molar-refractivity contribution in [2.75, 3.05) is 6.54 Å². The van der Waals surface area contributed by atoms with Gasteiger partial charge in [0.05, 0.1) is 12.9 Å². The Labute approximate surface area is 200 Å². The Morgan fingerprint density at radius 1 is 0.914 bits per heavy atom. The molecule has 0 aliphatic heterocycles.